The molecule has 0 aromatic rings. The Morgan fingerprint density at radius 1 is 1.27 bits per heavy atom. The van der Waals surface area contributed by atoms with E-state index >= 15 is 0 Å². The van der Waals surface area contributed by atoms with Crippen molar-refractivity contribution in [1.29, 1.82) is 0 Å². The Hall–Kier alpha value is -0.120. The van der Waals surface area contributed by atoms with Crippen LogP contribution in [-0.2, 0) is 4.74 Å². The molecule has 2 aliphatic carbocycles. The highest BCUT2D eigenvalue weighted by atomic mass is 16.5. The summed E-state index contributed by atoms with van der Waals surface area (Å²) in [7, 11) is 1.82. The molecule has 2 rings (SSSR count). The third-order valence-electron chi connectivity index (χ3n) is 4.13. The van der Waals surface area contributed by atoms with Crippen molar-refractivity contribution in [2.24, 2.45) is 11.7 Å². The zero-order valence-corrected chi connectivity index (χ0v) is 9.74. The number of nitrogens with two attached hydrogens (primary N) is 1. The van der Waals surface area contributed by atoms with Crippen LogP contribution in [-0.4, -0.2) is 31.8 Å². The van der Waals surface area contributed by atoms with E-state index in [1.165, 1.54) is 38.5 Å². The van der Waals surface area contributed by atoms with Crippen molar-refractivity contribution < 1.29 is 4.74 Å². The summed E-state index contributed by atoms with van der Waals surface area (Å²) in [5, 5.41) is 3.78. The van der Waals surface area contributed by atoms with Crippen molar-refractivity contribution >= 4 is 0 Å². The van der Waals surface area contributed by atoms with Crippen LogP contribution < -0.4 is 11.1 Å². The van der Waals surface area contributed by atoms with Crippen LogP contribution in [0, 0.1) is 5.92 Å². The molecule has 3 N–H and O–H groups in total. The topological polar surface area (TPSA) is 47.3 Å². The number of hydrogen-bond donors (Lipinski definition) is 2. The first-order chi connectivity index (χ1) is 7.33. The fraction of sp³-hybridized carbons (Fsp3) is 1.00. The van der Waals surface area contributed by atoms with Crippen LogP contribution in [0.15, 0.2) is 0 Å². The lowest BCUT2D eigenvalue weighted by Gasteiger charge is -2.23. The maximum atomic E-state index is 5.79. The van der Waals surface area contributed by atoms with Crippen molar-refractivity contribution in [3.63, 3.8) is 0 Å². The van der Waals surface area contributed by atoms with Crippen molar-refractivity contribution in [3.05, 3.63) is 0 Å². The third-order valence-corrected chi connectivity index (χ3v) is 4.13. The van der Waals surface area contributed by atoms with Crippen molar-refractivity contribution in [3.8, 4) is 0 Å². The second-order valence-corrected chi connectivity index (χ2v) is 5.07. The van der Waals surface area contributed by atoms with Gasteiger partial charge in [0.15, 0.2) is 0 Å². The van der Waals surface area contributed by atoms with Gasteiger partial charge in [0, 0.05) is 19.2 Å². The predicted octanol–water partition coefficient (Wildman–Crippen LogP) is 1.27. The lowest BCUT2D eigenvalue weighted by molar-refractivity contribution is 0.106. The minimum atomic E-state index is 0.486. The van der Waals surface area contributed by atoms with E-state index < -0.39 is 0 Å². The van der Waals surface area contributed by atoms with Gasteiger partial charge in [0.25, 0.3) is 0 Å². The van der Waals surface area contributed by atoms with E-state index in [9.17, 15) is 0 Å². The van der Waals surface area contributed by atoms with Crippen LogP contribution in [0.25, 0.3) is 0 Å². The van der Waals surface area contributed by atoms with E-state index in [-0.39, 0.29) is 0 Å². The first-order valence-corrected chi connectivity index (χ1v) is 6.32. The Balaban J connectivity index is 1.77. The fourth-order valence-corrected chi connectivity index (χ4v) is 3.15. The van der Waals surface area contributed by atoms with Gasteiger partial charge in [0.1, 0.15) is 0 Å². The molecule has 2 saturated carbocycles. The summed E-state index contributed by atoms with van der Waals surface area (Å²) in [6.45, 7) is 0.845. The van der Waals surface area contributed by atoms with Gasteiger partial charge in [-0.05, 0) is 44.6 Å². The molecular weight excluding hydrogens is 188 g/mol. The van der Waals surface area contributed by atoms with Crippen LogP contribution in [0.2, 0.25) is 0 Å². The van der Waals surface area contributed by atoms with Crippen LogP contribution in [0.5, 0.6) is 0 Å². The molecule has 0 radical (unpaired) electrons. The summed E-state index contributed by atoms with van der Waals surface area (Å²) in [6, 6.07) is 1.35. The summed E-state index contributed by atoms with van der Waals surface area (Å²) in [4.78, 5) is 0. The van der Waals surface area contributed by atoms with Crippen molar-refractivity contribution in [1.82, 2.24) is 5.32 Å². The molecule has 2 fully saturated rings. The smallest absolute Gasteiger partial charge is 0.0586 e. The molecule has 4 unspecified atom stereocenters. The minimum absolute atomic E-state index is 0.486. The largest absolute Gasteiger partial charge is 0.381 e. The maximum absolute atomic E-state index is 5.79. The lowest BCUT2D eigenvalue weighted by Crippen LogP contribution is -2.41. The van der Waals surface area contributed by atoms with E-state index in [1.807, 2.05) is 7.11 Å². The zero-order chi connectivity index (χ0) is 10.7. The third kappa shape index (κ3) is 2.71. The summed E-state index contributed by atoms with van der Waals surface area (Å²) in [5.74, 6) is 0.714. The Morgan fingerprint density at radius 2 is 2.13 bits per heavy atom. The molecular formula is C12H24N2O. The van der Waals surface area contributed by atoms with Crippen LogP contribution in [0.1, 0.15) is 38.5 Å². The normalized spacial score (nSPS) is 41.2. The molecule has 0 heterocycles. The Labute approximate surface area is 92.7 Å². The molecule has 0 bridgehead atoms. The van der Waals surface area contributed by atoms with Gasteiger partial charge in [-0.15, -0.1) is 0 Å². The average molecular weight is 212 g/mol. The summed E-state index contributed by atoms with van der Waals surface area (Å²) in [6.07, 6.45) is 8.13. The highest BCUT2D eigenvalue weighted by Gasteiger charge is 2.31. The van der Waals surface area contributed by atoms with Gasteiger partial charge < -0.3 is 15.8 Å². The number of ether oxygens (including phenoxy) is 1. The Morgan fingerprint density at radius 3 is 2.80 bits per heavy atom. The minimum Gasteiger partial charge on any atom is -0.381 e. The maximum Gasteiger partial charge on any atom is 0.0586 e. The van der Waals surface area contributed by atoms with E-state index in [2.05, 4.69) is 5.32 Å². The predicted molar refractivity (Wildman–Crippen MR) is 61.8 cm³/mol. The van der Waals surface area contributed by atoms with Crippen molar-refractivity contribution in [2.75, 3.05) is 13.7 Å². The molecule has 0 aromatic carbocycles. The Bertz CT molecular complexity index is 198. The van der Waals surface area contributed by atoms with Gasteiger partial charge in [-0.3, -0.25) is 0 Å². The second kappa shape index (κ2) is 5.28. The average Bonchev–Trinajstić information content (AvgIpc) is 2.87. The van der Waals surface area contributed by atoms with Gasteiger partial charge in [0.05, 0.1) is 6.10 Å². The number of methoxy groups -OCH3 is 1. The quantitative estimate of drug-likeness (QED) is 0.738. The van der Waals surface area contributed by atoms with E-state index in [1.54, 1.807) is 0 Å². The first kappa shape index (κ1) is 11.4. The van der Waals surface area contributed by atoms with Gasteiger partial charge in [-0.1, -0.05) is 6.42 Å². The first-order valence-electron chi connectivity index (χ1n) is 6.32. The van der Waals surface area contributed by atoms with E-state index in [0.717, 1.165) is 6.54 Å². The molecule has 88 valence electrons. The molecule has 0 saturated heterocycles. The second-order valence-electron chi connectivity index (χ2n) is 5.07. The van der Waals surface area contributed by atoms with Gasteiger partial charge in [-0.2, -0.15) is 0 Å². The van der Waals surface area contributed by atoms with Crippen LogP contribution >= 0.6 is 0 Å². The number of hydrogen-bond acceptors (Lipinski definition) is 3. The van der Waals surface area contributed by atoms with E-state index in [4.69, 9.17) is 10.5 Å². The molecule has 0 aliphatic heterocycles. The van der Waals surface area contributed by atoms with Gasteiger partial charge >= 0.3 is 0 Å². The molecule has 3 nitrogen and oxygen atoms in total. The lowest BCUT2D eigenvalue weighted by atomic mass is 10.0. The van der Waals surface area contributed by atoms with Crippen molar-refractivity contribution in [2.45, 2.75) is 56.7 Å². The van der Waals surface area contributed by atoms with Crippen LogP contribution in [0.3, 0.4) is 0 Å². The highest BCUT2D eigenvalue weighted by Crippen LogP contribution is 2.28. The molecule has 2 aliphatic rings. The number of rotatable bonds is 4. The molecule has 15 heavy (non-hydrogen) atoms. The number of nitrogens with one attached hydrogen (secondary N) is 1. The molecule has 0 amide bonds. The van der Waals surface area contributed by atoms with Gasteiger partial charge in [0.2, 0.25) is 0 Å². The summed E-state index contributed by atoms with van der Waals surface area (Å²) >= 11 is 0. The monoisotopic (exact) mass is 212 g/mol. The zero-order valence-electron chi connectivity index (χ0n) is 9.74. The molecule has 0 spiro atoms. The van der Waals surface area contributed by atoms with Crippen LogP contribution in [0.4, 0.5) is 0 Å². The SMILES string of the molecule is COC1CCC(NC2CCCC2CN)C1. The molecule has 3 heteroatoms. The summed E-state index contributed by atoms with van der Waals surface area (Å²) < 4.78 is 5.39. The van der Waals surface area contributed by atoms with E-state index in [0.29, 0.717) is 24.1 Å². The molecule has 0 aromatic heterocycles. The fourth-order valence-electron chi connectivity index (χ4n) is 3.15. The highest BCUT2D eigenvalue weighted by molar-refractivity contribution is 4.89. The van der Waals surface area contributed by atoms with Gasteiger partial charge in [-0.25, -0.2) is 0 Å². The Kier molecular flexibility index (Phi) is 4.00. The summed E-state index contributed by atoms with van der Waals surface area (Å²) in [5.41, 5.74) is 5.79. The molecule has 4 atom stereocenters. The standard InChI is InChI=1S/C12H24N2O/c1-15-11-6-5-10(7-11)14-12-4-2-3-9(12)8-13/h9-12,14H,2-8,13H2,1H3.